The van der Waals surface area contributed by atoms with E-state index in [9.17, 15) is 23.3 Å². The van der Waals surface area contributed by atoms with Gasteiger partial charge >= 0.3 is 0 Å². The van der Waals surface area contributed by atoms with Crippen molar-refractivity contribution in [3.8, 4) is 17.1 Å². The minimum atomic E-state index is -3.86. The molecule has 39 heavy (non-hydrogen) atoms. The number of H-pyrrole nitrogens is 1. The molecule has 14 heteroatoms. The predicted octanol–water partition coefficient (Wildman–Crippen LogP) is 2.18. The predicted molar refractivity (Wildman–Crippen MR) is 145 cm³/mol. The Kier molecular flexibility index (Phi) is 8.87. The fourth-order valence-corrected chi connectivity index (χ4v) is 6.19. The number of rotatable bonds is 12. The van der Waals surface area contributed by atoms with E-state index in [0.717, 1.165) is 24.8 Å². The second kappa shape index (κ2) is 12.1. The third-order valence-corrected chi connectivity index (χ3v) is 8.56. The molecule has 0 radical (unpaired) electrons. The number of piperazine rings is 1. The van der Waals surface area contributed by atoms with Crippen LogP contribution in [0.2, 0.25) is 0 Å². The number of sulfonamides is 1. The molecule has 0 spiro atoms. The Hall–Kier alpha value is -3.49. The average Bonchev–Trinajstić information content (AvgIpc) is 3.23. The van der Waals surface area contributed by atoms with Crippen molar-refractivity contribution in [2.24, 2.45) is 7.05 Å². The number of nitrogens with one attached hydrogen (secondary N) is 1. The van der Waals surface area contributed by atoms with Gasteiger partial charge in [0.25, 0.3) is 10.6 Å². The second-order valence-corrected chi connectivity index (χ2v) is 11.4. The molecular weight excluding hydrogens is 528 g/mol. The molecule has 1 aromatic carbocycles. The highest BCUT2D eigenvalue weighted by Gasteiger charge is 2.30. The second-order valence-electron chi connectivity index (χ2n) is 9.44. The molecule has 1 saturated heterocycles. The van der Waals surface area contributed by atoms with E-state index >= 15 is 0 Å². The minimum Gasteiger partial charge on any atom is -0.493 e. The topological polar surface area (TPSA) is 153 Å². The maximum atomic E-state index is 13.6. The third-order valence-electron chi connectivity index (χ3n) is 6.66. The highest BCUT2D eigenvalue weighted by molar-refractivity contribution is 7.89. The summed E-state index contributed by atoms with van der Waals surface area (Å²) in [7, 11) is -2.06. The molecule has 3 aromatic rings. The monoisotopic (exact) mass is 562 g/mol. The van der Waals surface area contributed by atoms with Crippen molar-refractivity contribution in [2.45, 2.75) is 38.0 Å². The van der Waals surface area contributed by atoms with Crippen molar-refractivity contribution in [1.29, 1.82) is 0 Å². The summed E-state index contributed by atoms with van der Waals surface area (Å²) in [5.41, 5.74) is 2.08. The highest BCUT2D eigenvalue weighted by Crippen LogP contribution is 2.32. The van der Waals surface area contributed by atoms with Gasteiger partial charge in [0.1, 0.15) is 23.7 Å². The van der Waals surface area contributed by atoms with Crippen molar-refractivity contribution >= 4 is 21.1 Å². The first-order valence-corrected chi connectivity index (χ1v) is 14.4. The van der Waals surface area contributed by atoms with Gasteiger partial charge in [-0.1, -0.05) is 20.3 Å². The molecule has 2 aromatic heterocycles. The van der Waals surface area contributed by atoms with Crippen LogP contribution in [0.5, 0.6) is 5.75 Å². The van der Waals surface area contributed by atoms with Crippen LogP contribution in [-0.2, 0) is 28.3 Å². The van der Waals surface area contributed by atoms with Gasteiger partial charge in [0.2, 0.25) is 10.0 Å². The van der Waals surface area contributed by atoms with Crippen molar-refractivity contribution in [3.63, 3.8) is 0 Å². The van der Waals surface area contributed by atoms with Gasteiger partial charge in [0, 0.05) is 46.0 Å². The molecule has 212 valence electrons. The number of aryl methyl sites for hydroxylation is 2. The summed E-state index contributed by atoms with van der Waals surface area (Å²) in [6.45, 7) is 6.01. The maximum absolute atomic E-state index is 13.6. The lowest BCUT2D eigenvalue weighted by molar-refractivity contribution is -0.757. The summed E-state index contributed by atoms with van der Waals surface area (Å²) in [6, 6.07) is 4.61. The van der Waals surface area contributed by atoms with Gasteiger partial charge in [-0.3, -0.25) is 9.69 Å². The average molecular weight is 563 g/mol. The van der Waals surface area contributed by atoms with Crippen LogP contribution in [-0.4, -0.2) is 83.2 Å². The van der Waals surface area contributed by atoms with E-state index in [1.165, 1.54) is 16.4 Å². The molecule has 1 fully saturated rings. The molecule has 0 saturated carbocycles. The quantitative estimate of drug-likeness (QED) is 0.258. The van der Waals surface area contributed by atoms with Crippen molar-refractivity contribution in [1.82, 2.24) is 23.7 Å². The first-order valence-electron chi connectivity index (χ1n) is 13.0. The van der Waals surface area contributed by atoms with E-state index in [4.69, 9.17) is 9.72 Å². The van der Waals surface area contributed by atoms with Crippen LogP contribution < -0.4 is 10.3 Å². The lowest BCUT2D eigenvalue weighted by Crippen LogP contribution is -2.49. The lowest BCUT2D eigenvalue weighted by Gasteiger charge is -2.33. The summed E-state index contributed by atoms with van der Waals surface area (Å²) in [5, 5.41) is 9.53. The first-order chi connectivity index (χ1) is 18.6. The van der Waals surface area contributed by atoms with E-state index in [-0.39, 0.29) is 36.0 Å². The zero-order chi connectivity index (χ0) is 28.2. The number of fused-ring (bicyclic) bond motifs is 1. The van der Waals surface area contributed by atoms with Crippen LogP contribution in [0.4, 0.5) is 0 Å². The van der Waals surface area contributed by atoms with E-state index in [0.29, 0.717) is 48.6 Å². The molecule has 0 unspecified atom stereocenters. The van der Waals surface area contributed by atoms with Crippen molar-refractivity contribution in [3.05, 3.63) is 50.4 Å². The van der Waals surface area contributed by atoms with Crippen LogP contribution in [0.15, 0.2) is 34.1 Å². The Morgan fingerprint density at radius 2 is 1.87 bits per heavy atom. The SMILES string of the molecule is CCCOc1ccc(S(=O)(=O)N2CCN(CCO[N+](=O)[O-])CC2)cc1-c1nc2c(CCC)cn(C)c2c(=O)[nH]1. The summed E-state index contributed by atoms with van der Waals surface area (Å²) in [4.78, 5) is 37.4. The zero-order valence-corrected chi connectivity index (χ0v) is 23.2. The normalized spacial score (nSPS) is 15.1. The number of hydrogen-bond donors (Lipinski definition) is 1. The van der Waals surface area contributed by atoms with Gasteiger partial charge in [-0.25, -0.2) is 13.4 Å². The van der Waals surface area contributed by atoms with E-state index in [1.807, 2.05) is 18.0 Å². The van der Waals surface area contributed by atoms with Gasteiger partial charge < -0.3 is 19.1 Å². The van der Waals surface area contributed by atoms with Crippen LogP contribution in [0, 0.1) is 10.1 Å². The number of nitrogens with zero attached hydrogens (tertiary/aromatic N) is 5. The summed E-state index contributed by atoms with van der Waals surface area (Å²) >= 11 is 0. The molecule has 4 rings (SSSR count). The number of benzene rings is 1. The Balaban J connectivity index is 1.67. The minimum absolute atomic E-state index is 0.0658. The molecule has 0 atom stereocenters. The van der Waals surface area contributed by atoms with Gasteiger partial charge in [0.05, 0.1) is 22.6 Å². The molecule has 0 amide bonds. The van der Waals surface area contributed by atoms with Crippen molar-refractivity contribution < 1.29 is 23.1 Å². The highest BCUT2D eigenvalue weighted by atomic mass is 32.2. The summed E-state index contributed by atoms with van der Waals surface area (Å²) < 4.78 is 36.2. The smallest absolute Gasteiger partial charge is 0.294 e. The summed E-state index contributed by atoms with van der Waals surface area (Å²) in [6.07, 6.45) is 4.29. The molecule has 1 N–H and O–H groups in total. The molecule has 0 bridgehead atoms. The van der Waals surface area contributed by atoms with Gasteiger partial charge in [0.15, 0.2) is 0 Å². The third kappa shape index (κ3) is 6.23. The Morgan fingerprint density at radius 1 is 1.13 bits per heavy atom. The number of hydrogen-bond acceptors (Lipinski definition) is 9. The number of aromatic amines is 1. The molecule has 3 heterocycles. The van der Waals surface area contributed by atoms with Gasteiger partial charge in [-0.2, -0.15) is 4.31 Å². The fourth-order valence-electron chi connectivity index (χ4n) is 4.74. The largest absolute Gasteiger partial charge is 0.493 e. The maximum Gasteiger partial charge on any atom is 0.294 e. The van der Waals surface area contributed by atoms with E-state index < -0.39 is 15.1 Å². The summed E-state index contributed by atoms with van der Waals surface area (Å²) in [5.74, 6) is 0.677. The van der Waals surface area contributed by atoms with E-state index in [2.05, 4.69) is 16.7 Å². The number of ether oxygens (including phenoxy) is 1. The van der Waals surface area contributed by atoms with Gasteiger partial charge in [-0.15, -0.1) is 10.1 Å². The van der Waals surface area contributed by atoms with E-state index in [1.54, 1.807) is 17.7 Å². The molecule has 13 nitrogen and oxygen atoms in total. The van der Waals surface area contributed by atoms with Crippen LogP contribution in [0.1, 0.15) is 32.3 Å². The standard InChI is InChI=1S/C25H34N6O7S/c1-4-6-18-17-28(3)23-22(18)26-24(27-25(23)32)20-16-19(7-8-21(20)37-14-5-2)39(35,36)30-11-9-29(10-12-30)13-15-38-31(33)34/h7-8,16-17H,4-6,9-15H2,1-3H3,(H,26,27,32). The van der Waals surface area contributed by atoms with Crippen molar-refractivity contribution in [2.75, 3.05) is 45.9 Å². The zero-order valence-electron chi connectivity index (χ0n) is 22.4. The van der Waals surface area contributed by atoms with Gasteiger partial charge in [-0.05, 0) is 36.6 Å². The fraction of sp³-hybridized carbons (Fsp3) is 0.520. The van der Waals surface area contributed by atoms with Crippen LogP contribution in [0.3, 0.4) is 0 Å². The Morgan fingerprint density at radius 3 is 2.54 bits per heavy atom. The number of aromatic nitrogens is 3. The first kappa shape index (κ1) is 28.5. The lowest BCUT2D eigenvalue weighted by atomic mass is 10.1. The molecule has 1 aliphatic rings. The van der Waals surface area contributed by atoms with Crippen LogP contribution in [0.25, 0.3) is 22.4 Å². The Labute approximate surface area is 226 Å². The molecule has 1 aliphatic heterocycles. The Bertz CT molecular complexity index is 1490. The van der Waals surface area contributed by atoms with Crippen LogP contribution >= 0.6 is 0 Å². The molecule has 0 aliphatic carbocycles. The molecular formula is C25H34N6O7S.